The number of methoxy groups -OCH3 is 1. The average Bonchev–Trinajstić information content (AvgIpc) is 2.71. The van der Waals surface area contributed by atoms with Crippen molar-refractivity contribution in [2.24, 2.45) is 5.10 Å². The molecule has 0 radical (unpaired) electrons. The molecule has 2 aromatic rings. The molecule has 152 valence electrons. The number of hydrazone groups is 1. The molecule has 0 fully saturated rings. The zero-order valence-corrected chi connectivity index (χ0v) is 17.1. The number of benzene rings is 2. The van der Waals surface area contributed by atoms with E-state index in [0.29, 0.717) is 39.3 Å². The van der Waals surface area contributed by atoms with Gasteiger partial charge in [0, 0.05) is 16.6 Å². The fraction of sp³-hybridized carbons (Fsp3) is 0.150. The van der Waals surface area contributed by atoms with E-state index in [2.05, 4.69) is 22.4 Å². The number of nitrogens with zero attached hydrogens (tertiary/aromatic N) is 1. The predicted octanol–water partition coefficient (Wildman–Crippen LogP) is 3.33. The lowest BCUT2D eigenvalue weighted by molar-refractivity contribution is -0.139. The maximum absolute atomic E-state index is 11.9. The molecule has 0 aliphatic rings. The van der Waals surface area contributed by atoms with Crippen LogP contribution in [0.4, 0.5) is 0 Å². The van der Waals surface area contributed by atoms with E-state index in [4.69, 9.17) is 32.7 Å². The highest BCUT2D eigenvalue weighted by Gasteiger charge is 2.13. The lowest BCUT2D eigenvalue weighted by Gasteiger charge is -2.09. The van der Waals surface area contributed by atoms with Crippen LogP contribution in [-0.2, 0) is 16.1 Å². The first-order valence-electron chi connectivity index (χ1n) is 8.41. The highest BCUT2D eigenvalue weighted by molar-refractivity contribution is 6.36. The van der Waals surface area contributed by atoms with E-state index in [0.717, 1.165) is 0 Å². The standard InChI is InChI=1S/C20H19Cl2N3O4/c1-3-8-29-17-7-4-13(9-18(17)28-2)11-24-25-20(27)19(26)23-12-14-5-6-15(21)10-16(14)22/h3-7,9-11H,1,8,12H2,2H3,(H,23,26)(H,25,27)/b24-11-. The fourth-order valence-corrected chi connectivity index (χ4v) is 2.64. The van der Waals surface area contributed by atoms with Crippen molar-refractivity contribution in [1.82, 2.24) is 10.7 Å². The van der Waals surface area contributed by atoms with Gasteiger partial charge >= 0.3 is 11.8 Å². The molecule has 0 saturated carbocycles. The summed E-state index contributed by atoms with van der Waals surface area (Å²) in [5.74, 6) is -0.711. The quantitative estimate of drug-likeness (QED) is 0.288. The van der Waals surface area contributed by atoms with E-state index >= 15 is 0 Å². The summed E-state index contributed by atoms with van der Waals surface area (Å²) in [5.41, 5.74) is 3.43. The van der Waals surface area contributed by atoms with Gasteiger partial charge in [-0.05, 0) is 41.5 Å². The first kappa shape index (κ1) is 22.3. The van der Waals surface area contributed by atoms with Gasteiger partial charge in [-0.15, -0.1) is 0 Å². The van der Waals surface area contributed by atoms with Crippen LogP contribution in [0.25, 0.3) is 0 Å². The van der Waals surface area contributed by atoms with Crippen LogP contribution < -0.4 is 20.2 Å². The number of hydrogen-bond acceptors (Lipinski definition) is 5. The lowest BCUT2D eigenvalue weighted by atomic mass is 10.2. The van der Waals surface area contributed by atoms with Crippen LogP contribution >= 0.6 is 23.2 Å². The van der Waals surface area contributed by atoms with Crippen molar-refractivity contribution >= 4 is 41.2 Å². The molecule has 0 spiro atoms. The minimum Gasteiger partial charge on any atom is -0.493 e. The molecule has 29 heavy (non-hydrogen) atoms. The van der Waals surface area contributed by atoms with Crippen LogP contribution in [0.1, 0.15) is 11.1 Å². The molecule has 0 bridgehead atoms. The summed E-state index contributed by atoms with van der Waals surface area (Å²) in [7, 11) is 1.51. The van der Waals surface area contributed by atoms with Crippen LogP contribution in [-0.4, -0.2) is 31.7 Å². The average molecular weight is 436 g/mol. The minimum atomic E-state index is -0.913. The molecular formula is C20H19Cl2N3O4. The van der Waals surface area contributed by atoms with Gasteiger partial charge in [-0.1, -0.05) is 41.9 Å². The Morgan fingerprint density at radius 1 is 1.14 bits per heavy atom. The molecule has 9 heteroatoms. The molecule has 2 rings (SSSR count). The van der Waals surface area contributed by atoms with Crippen LogP contribution in [0.2, 0.25) is 10.0 Å². The summed E-state index contributed by atoms with van der Waals surface area (Å²) in [6.45, 7) is 4.01. The first-order chi connectivity index (χ1) is 13.9. The third kappa shape index (κ3) is 6.81. The summed E-state index contributed by atoms with van der Waals surface area (Å²) in [6.07, 6.45) is 3.00. The summed E-state index contributed by atoms with van der Waals surface area (Å²) in [4.78, 5) is 23.7. The summed E-state index contributed by atoms with van der Waals surface area (Å²) in [6, 6.07) is 9.96. The second-order valence-corrected chi connectivity index (χ2v) is 6.47. The van der Waals surface area contributed by atoms with E-state index in [-0.39, 0.29) is 6.54 Å². The Morgan fingerprint density at radius 3 is 2.62 bits per heavy atom. The molecule has 0 saturated heterocycles. The number of ether oxygens (including phenoxy) is 2. The molecule has 0 heterocycles. The first-order valence-corrected chi connectivity index (χ1v) is 9.17. The normalized spacial score (nSPS) is 10.4. The molecule has 0 unspecified atom stereocenters. The van der Waals surface area contributed by atoms with E-state index in [1.54, 1.807) is 42.5 Å². The molecular weight excluding hydrogens is 417 g/mol. The Kier molecular flexibility index (Phi) is 8.51. The van der Waals surface area contributed by atoms with Crippen LogP contribution in [0, 0.1) is 0 Å². The van der Waals surface area contributed by atoms with Crippen LogP contribution in [0.15, 0.2) is 54.2 Å². The van der Waals surface area contributed by atoms with Crippen molar-refractivity contribution in [2.45, 2.75) is 6.54 Å². The minimum absolute atomic E-state index is 0.0787. The van der Waals surface area contributed by atoms with Gasteiger partial charge in [-0.25, -0.2) is 5.43 Å². The molecule has 0 aliphatic heterocycles. The highest BCUT2D eigenvalue weighted by Crippen LogP contribution is 2.27. The van der Waals surface area contributed by atoms with Crippen LogP contribution in [0.3, 0.4) is 0 Å². The van der Waals surface area contributed by atoms with E-state index in [9.17, 15) is 9.59 Å². The third-order valence-corrected chi connectivity index (χ3v) is 4.17. The van der Waals surface area contributed by atoms with Gasteiger partial charge in [0.1, 0.15) is 6.61 Å². The second kappa shape index (κ2) is 11.1. The van der Waals surface area contributed by atoms with Gasteiger partial charge in [0.15, 0.2) is 11.5 Å². The Bertz CT molecular complexity index is 932. The van der Waals surface area contributed by atoms with Crippen LogP contribution in [0.5, 0.6) is 11.5 Å². The molecule has 0 aromatic heterocycles. The molecule has 2 N–H and O–H groups in total. The number of rotatable bonds is 8. The Balaban J connectivity index is 1.89. The smallest absolute Gasteiger partial charge is 0.329 e. The van der Waals surface area contributed by atoms with E-state index in [1.165, 1.54) is 13.3 Å². The number of amides is 2. The number of carbonyl (C=O) groups is 2. The molecule has 2 aromatic carbocycles. The highest BCUT2D eigenvalue weighted by atomic mass is 35.5. The number of hydrogen-bond donors (Lipinski definition) is 2. The summed E-state index contributed by atoms with van der Waals surface area (Å²) < 4.78 is 10.7. The third-order valence-electron chi connectivity index (χ3n) is 3.58. The van der Waals surface area contributed by atoms with Gasteiger partial charge < -0.3 is 14.8 Å². The molecule has 2 amide bonds. The topological polar surface area (TPSA) is 89.0 Å². The summed E-state index contributed by atoms with van der Waals surface area (Å²) >= 11 is 11.8. The van der Waals surface area contributed by atoms with Crippen molar-refractivity contribution in [1.29, 1.82) is 0 Å². The van der Waals surface area contributed by atoms with Crippen molar-refractivity contribution in [3.05, 3.63) is 70.2 Å². The monoisotopic (exact) mass is 435 g/mol. The fourth-order valence-electron chi connectivity index (χ4n) is 2.17. The lowest BCUT2D eigenvalue weighted by Crippen LogP contribution is -2.37. The van der Waals surface area contributed by atoms with Gasteiger partial charge in [0.25, 0.3) is 0 Å². The van der Waals surface area contributed by atoms with Gasteiger partial charge in [0.05, 0.1) is 13.3 Å². The largest absolute Gasteiger partial charge is 0.493 e. The maximum Gasteiger partial charge on any atom is 0.329 e. The second-order valence-electron chi connectivity index (χ2n) is 5.63. The number of nitrogens with one attached hydrogen (secondary N) is 2. The Hall–Kier alpha value is -3.03. The Morgan fingerprint density at radius 2 is 1.93 bits per heavy atom. The molecule has 7 nitrogen and oxygen atoms in total. The maximum atomic E-state index is 11.9. The van der Waals surface area contributed by atoms with Crippen molar-refractivity contribution in [2.75, 3.05) is 13.7 Å². The predicted molar refractivity (Wildman–Crippen MR) is 113 cm³/mol. The van der Waals surface area contributed by atoms with E-state index < -0.39 is 11.8 Å². The van der Waals surface area contributed by atoms with Gasteiger partial charge in [-0.3, -0.25) is 9.59 Å². The zero-order chi connectivity index (χ0) is 21.2. The number of carbonyl (C=O) groups excluding carboxylic acids is 2. The Labute approximate surface area is 178 Å². The number of halogens is 2. The SMILES string of the molecule is C=CCOc1ccc(/C=N\NC(=O)C(=O)NCc2ccc(Cl)cc2Cl)cc1OC. The van der Waals surface area contributed by atoms with Crippen molar-refractivity contribution < 1.29 is 19.1 Å². The van der Waals surface area contributed by atoms with Gasteiger partial charge in [0.2, 0.25) is 0 Å². The molecule has 0 atom stereocenters. The molecule has 0 aliphatic carbocycles. The zero-order valence-electron chi connectivity index (χ0n) is 15.6. The summed E-state index contributed by atoms with van der Waals surface area (Å²) in [5, 5.41) is 7.10. The van der Waals surface area contributed by atoms with Crippen molar-refractivity contribution in [3.63, 3.8) is 0 Å². The van der Waals surface area contributed by atoms with Gasteiger partial charge in [-0.2, -0.15) is 5.10 Å². The van der Waals surface area contributed by atoms with Crippen molar-refractivity contribution in [3.8, 4) is 11.5 Å². The van der Waals surface area contributed by atoms with E-state index in [1.807, 2.05) is 0 Å².